The second-order valence-corrected chi connectivity index (χ2v) is 6.46. The van der Waals surface area contributed by atoms with E-state index in [-0.39, 0.29) is 0 Å². The predicted octanol–water partition coefficient (Wildman–Crippen LogP) is 2.04. The number of aryl methyl sites for hydroxylation is 2. The van der Waals surface area contributed by atoms with Crippen LogP contribution < -0.4 is 10.5 Å². The minimum absolute atomic E-state index is 0.455. The third-order valence-electron chi connectivity index (χ3n) is 2.42. The van der Waals surface area contributed by atoms with Gasteiger partial charge in [-0.3, -0.25) is 4.72 Å². The van der Waals surface area contributed by atoms with Crippen molar-refractivity contribution in [3.8, 4) is 0 Å². The smallest absolute Gasteiger partial charge is 0.235 e. The van der Waals surface area contributed by atoms with Gasteiger partial charge in [0.05, 0.1) is 10.9 Å². The molecule has 0 fully saturated rings. The molecule has 1 aromatic carbocycles. The van der Waals surface area contributed by atoms with Gasteiger partial charge in [-0.15, -0.1) is 0 Å². The first kappa shape index (κ1) is 12.8. The molecule has 0 aromatic heterocycles. The Kier molecular flexibility index (Phi) is 3.48. The highest BCUT2D eigenvalue weighted by atomic mass is 32.2. The lowest BCUT2D eigenvalue weighted by atomic mass is 10.1. The van der Waals surface area contributed by atoms with Crippen LogP contribution in [-0.2, 0) is 10.0 Å². The molecule has 0 atom stereocenters. The summed E-state index contributed by atoms with van der Waals surface area (Å²) in [5.41, 5.74) is 8.61. The second-order valence-electron chi connectivity index (χ2n) is 4.23. The molecule has 0 unspecified atom stereocenters. The fourth-order valence-corrected chi connectivity index (χ4v) is 2.26. The molecule has 0 amide bonds. The Labute approximate surface area is 96.9 Å². The SMILES string of the molecule is Cc1cc(N)cc(C)c1NS(=O)(=O)C(C)C. The van der Waals surface area contributed by atoms with E-state index in [0.717, 1.165) is 11.1 Å². The molecule has 0 bridgehead atoms. The molecule has 0 heterocycles. The van der Waals surface area contributed by atoms with Crippen LogP contribution >= 0.6 is 0 Å². The summed E-state index contributed by atoms with van der Waals surface area (Å²) in [6, 6.07) is 3.51. The highest BCUT2D eigenvalue weighted by Gasteiger charge is 2.17. The fourth-order valence-electron chi connectivity index (χ4n) is 1.42. The van der Waals surface area contributed by atoms with E-state index in [9.17, 15) is 8.42 Å². The maximum Gasteiger partial charge on any atom is 0.235 e. The summed E-state index contributed by atoms with van der Waals surface area (Å²) in [6.45, 7) is 6.96. The van der Waals surface area contributed by atoms with Gasteiger partial charge in [-0.05, 0) is 51.0 Å². The van der Waals surface area contributed by atoms with Crippen molar-refractivity contribution in [1.29, 1.82) is 0 Å². The minimum Gasteiger partial charge on any atom is -0.399 e. The molecule has 0 saturated carbocycles. The van der Waals surface area contributed by atoms with Crippen molar-refractivity contribution in [3.63, 3.8) is 0 Å². The van der Waals surface area contributed by atoms with Gasteiger partial charge >= 0.3 is 0 Å². The number of hydrogen-bond acceptors (Lipinski definition) is 3. The van der Waals surface area contributed by atoms with Crippen molar-refractivity contribution in [2.24, 2.45) is 0 Å². The molecule has 1 aromatic rings. The average molecular weight is 242 g/mol. The summed E-state index contributed by atoms with van der Waals surface area (Å²) in [5, 5.41) is -0.455. The van der Waals surface area contributed by atoms with E-state index in [2.05, 4.69) is 4.72 Å². The molecule has 1 rings (SSSR count). The molecule has 0 aliphatic carbocycles. The lowest BCUT2D eigenvalue weighted by molar-refractivity contribution is 0.592. The monoisotopic (exact) mass is 242 g/mol. The van der Waals surface area contributed by atoms with Crippen LogP contribution in [0, 0.1) is 13.8 Å². The molecular weight excluding hydrogens is 224 g/mol. The molecule has 16 heavy (non-hydrogen) atoms. The van der Waals surface area contributed by atoms with Crippen LogP contribution in [0.2, 0.25) is 0 Å². The van der Waals surface area contributed by atoms with Crippen LogP contribution in [0.4, 0.5) is 11.4 Å². The van der Waals surface area contributed by atoms with Gasteiger partial charge in [-0.1, -0.05) is 0 Å². The number of nitrogen functional groups attached to an aromatic ring is 1. The van der Waals surface area contributed by atoms with Crippen LogP contribution in [-0.4, -0.2) is 13.7 Å². The number of nitrogens with two attached hydrogens (primary N) is 1. The number of nitrogens with one attached hydrogen (secondary N) is 1. The van der Waals surface area contributed by atoms with E-state index in [1.165, 1.54) is 0 Å². The highest BCUT2D eigenvalue weighted by Crippen LogP contribution is 2.25. The minimum atomic E-state index is -3.30. The van der Waals surface area contributed by atoms with Crippen LogP contribution in [0.15, 0.2) is 12.1 Å². The van der Waals surface area contributed by atoms with Crippen molar-refractivity contribution >= 4 is 21.4 Å². The quantitative estimate of drug-likeness (QED) is 0.797. The molecule has 5 heteroatoms. The summed E-state index contributed by atoms with van der Waals surface area (Å²) in [4.78, 5) is 0. The Bertz CT molecular complexity index is 470. The zero-order valence-electron chi connectivity index (χ0n) is 10.0. The average Bonchev–Trinajstić information content (AvgIpc) is 2.11. The maximum absolute atomic E-state index is 11.7. The molecule has 90 valence electrons. The van der Waals surface area contributed by atoms with E-state index in [1.54, 1.807) is 26.0 Å². The number of benzene rings is 1. The predicted molar refractivity (Wildman–Crippen MR) is 68.0 cm³/mol. The van der Waals surface area contributed by atoms with Gasteiger partial charge in [0, 0.05) is 5.69 Å². The summed E-state index contributed by atoms with van der Waals surface area (Å²) in [7, 11) is -3.30. The van der Waals surface area contributed by atoms with Gasteiger partial charge in [0.25, 0.3) is 0 Å². The highest BCUT2D eigenvalue weighted by molar-refractivity contribution is 7.93. The van der Waals surface area contributed by atoms with Crippen LogP contribution in [0.25, 0.3) is 0 Å². The number of hydrogen-bond donors (Lipinski definition) is 2. The van der Waals surface area contributed by atoms with E-state index in [0.29, 0.717) is 11.4 Å². The molecule has 0 aliphatic heterocycles. The van der Waals surface area contributed by atoms with Crippen LogP contribution in [0.1, 0.15) is 25.0 Å². The Morgan fingerprint density at radius 3 is 2.00 bits per heavy atom. The largest absolute Gasteiger partial charge is 0.399 e. The Hall–Kier alpha value is -1.23. The lowest BCUT2D eigenvalue weighted by Gasteiger charge is -2.15. The number of anilines is 2. The lowest BCUT2D eigenvalue weighted by Crippen LogP contribution is -2.23. The van der Waals surface area contributed by atoms with Crippen molar-refractivity contribution in [2.45, 2.75) is 32.9 Å². The zero-order chi connectivity index (χ0) is 12.5. The summed E-state index contributed by atoms with van der Waals surface area (Å²) >= 11 is 0. The van der Waals surface area contributed by atoms with E-state index < -0.39 is 15.3 Å². The third kappa shape index (κ3) is 2.66. The van der Waals surface area contributed by atoms with E-state index in [4.69, 9.17) is 5.73 Å². The van der Waals surface area contributed by atoms with Crippen molar-refractivity contribution in [1.82, 2.24) is 0 Å². The first-order chi connectivity index (χ1) is 7.24. The van der Waals surface area contributed by atoms with Gasteiger partial charge in [0.1, 0.15) is 0 Å². The molecule has 4 nitrogen and oxygen atoms in total. The first-order valence-electron chi connectivity index (χ1n) is 5.12. The Morgan fingerprint density at radius 2 is 1.62 bits per heavy atom. The molecule has 0 aliphatic rings. The van der Waals surface area contributed by atoms with Crippen LogP contribution in [0.5, 0.6) is 0 Å². The molecule has 0 spiro atoms. The Balaban J connectivity index is 3.17. The first-order valence-corrected chi connectivity index (χ1v) is 6.67. The van der Waals surface area contributed by atoms with Crippen molar-refractivity contribution in [2.75, 3.05) is 10.5 Å². The maximum atomic E-state index is 11.7. The standard InChI is InChI=1S/C11H18N2O2S/c1-7(2)16(14,15)13-11-8(3)5-10(12)6-9(11)4/h5-7,13H,12H2,1-4H3. The molecule has 0 saturated heterocycles. The van der Waals surface area contributed by atoms with Gasteiger partial charge in [-0.25, -0.2) is 8.42 Å². The summed E-state index contributed by atoms with van der Waals surface area (Å²) < 4.78 is 26.1. The topological polar surface area (TPSA) is 72.2 Å². The zero-order valence-corrected chi connectivity index (χ0v) is 10.9. The molecule has 3 N–H and O–H groups in total. The molecular formula is C11H18N2O2S. The van der Waals surface area contributed by atoms with Gasteiger partial charge in [0.2, 0.25) is 10.0 Å². The van der Waals surface area contributed by atoms with Crippen molar-refractivity contribution in [3.05, 3.63) is 23.3 Å². The second kappa shape index (κ2) is 4.33. The fraction of sp³-hybridized carbons (Fsp3) is 0.455. The van der Waals surface area contributed by atoms with Gasteiger partial charge < -0.3 is 5.73 Å². The van der Waals surface area contributed by atoms with Crippen molar-refractivity contribution < 1.29 is 8.42 Å². The van der Waals surface area contributed by atoms with E-state index >= 15 is 0 Å². The number of rotatable bonds is 3. The summed E-state index contributed by atoms with van der Waals surface area (Å²) in [5.74, 6) is 0. The van der Waals surface area contributed by atoms with E-state index in [1.807, 2.05) is 13.8 Å². The Morgan fingerprint density at radius 1 is 1.19 bits per heavy atom. The van der Waals surface area contributed by atoms with Gasteiger partial charge in [-0.2, -0.15) is 0 Å². The number of sulfonamides is 1. The van der Waals surface area contributed by atoms with Gasteiger partial charge in [0.15, 0.2) is 0 Å². The summed E-state index contributed by atoms with van der Waals surface area (Å²) in [6.07, 6.45) is 0. The van der Waals surface area contributed by atoms with Crippen LogP contribution in [0.3, 0.4) is 0 Å². The third-order valence-corrected chi connectivity index (χ3v) is 4.15. The normalized spacial score (nSPS) is 11.8. The molecule has 0 radical (unpaired) electrons.